The van der Waals surface area contributed by atoms with Crippen LogP contribution in [0.2, 0.25) is 0 Å². The van der Waals surface area contributed by atoms with Crippen LogP contribution in [0, 0.1) is 0 Å². The maximum absolute atomic E-state index is 11.2. The average Bonchev–Trinajstić information content (AvgIpc) is 2.02. The van der Waals surface area contributed by atoms with Gasteiger partial charge in [0.1, 0.15) is 4.32 Å². The molecule has 2 N–H and O–H groups in total. The summed E-state index contributed by atoms with van der Waals surface area (Å²) in [6, 6.07) is 0. The van der Waals surface area contributed by atoms with Crippen LogP contribution in [0.25, 0.3) is 0 Å². The topological polar surface area (TPSA) is 52.3 Å². The van der Waals surface area contributed by atoms with E-state index in [0.29, 0.717) is 13.2 Å². The lowest BCUT2D eigenvalue weighted by molar-refractivity contribution is -0.145. The summed E-state index contributed by atoms with van der Waals surface area (Å²) < 4.78 is 4.46. The zero-order chi connectivity index (χ0) is 10.3. The lowest BCUT2D eigenvalue weighted by Gasteiger charge is -2.14. The Kier molecular flexibility index (Phi) is 6.33. The van der Waals surface area contributed by atoms with Gasteiger partial charge < -0.3 is 10.5 Å². The minimum Gasteiger partial charge on any atom is -0.465 e. The lowest BCUT2D eigenvalue weighted by Crippen LogP contribution is -2.26. The summed E-state index contributed by atoms with van der Waals surface area (Å²) in [5.74, 6) is -0.208. The first-order valence-corrected chi connectivity index (χ1v) is 5.34. The molecule has 0 aromatic heterocycles. The summed E-state index contributed by atoms with van der Waals surface area (Å²) in [4.78, 5) is 11.2. The normalized spacial score (nSPS) is 11.4. The lowest BCUT2D eigenvalue weighted by atomic mass is 10.2. The van der Waals surface area contributed by atoms with Gasteiger partial charge in [-0.1, -0.05) is 15.9 Å². The van der Waals surface area contributed by atoms with E-state index in [1.807, 2.05) is 0 Å². The summed E-state index contributed by atoms with van der Waals surface area (Å²) in [7, 11) is 0. The molecule has 0 radical (unpaired) electrons. The second-order valence-electron chi connectivity index (χ2n) is 3.46. The molecule has 0 saturated heterocycles. The van der Waals surface area contributed by atoms with Crippen molar-refractivity contribution in [3.05, 3.63) is 0 Å². The predicted octanol–water partition coefficient (Wildman–Crippen LogP) is 1.83. The van der Waals surface area contributed by atoms with Crippen molar-refractivity contribution < 1.29 is 9.53 Å². The number of carbonyl (C=O) groups is 1. The number of rotatable bonds is 6. The maximum atomic E-state index is 11.2. The smallest absolute Gasteiger partial charge is 0.322 e. The second kappa shape index (κ2) is 6.38. The highest BCUT2D eigenvalue weighted by Gasteiger charge is 2.24. The molecular formula is C9H18BrNO2. The third-order valence-corrected chi connectivity index (χ3v) is 1.89. The molecule has 0 aromatic carbocycles. The minimum absolute atomic E-state index is 0.208. The van der Waals surface area contributed by atoms with Crippen LogP contribution in [0.3, 0.4) is 0 Å². The summed E-state index contributed by atoms with van der Waals surface area (Å²) >= 11 is 3.23. The highest BCUT2D eigenvalue weighted by Crippen LogP contribution is 2.17. The van der Waals surface area contributed by atoms with Crippen molar-refractivity contribution in [1.29, 1.82) is 0 Å². The molecule has 0 aromatic rings. The Balaban J connectivity index is 3.38. The highest BCUT2D eigenvalue weighted by atomic mass is 79.9. The first kappa shape index (κ1) is 12.9. The van der Waals surface area contributed by atoms with Crippen LogP contribution in [0.4, 0.5) is 0 Å². The number of nitrogens with two attached hydrogens (primary N) is 1. The van der Waals surface area contributed by atoms with Crippen molar-refractivity contribution in [3.8, 4) is 0 Å². The highest BCUT2D eigenvalue weighted by molar-refractivity contribution is 9.10. The molecule has 0 heterocycles. The maximum Gasteiger partial charge on any atom is 0.322 e. The van der Waals surface area contributed by atoms with Crippen molar-refractivity contribution in [1.82, 2.24) is 0 Å². The van der Waals surface area contributed by atoms with Gasteiger partial charge in [0.25, 0.3) is 0 Å². The number of hydrogen-bond donors (Lipinski definition) is 1. The molecule has 0 aliphatic carbocycles. The van der Waals surface area contributed by atoms with Gasteiger partial charge in [-0.25, -0.2) is 0 Å². The van der Waals surface area contributed by atoms with Crippen LogP contribution >= 0.6 is 15.9 Å². The summed E-state index contributed by atoms with van der Waals surface area (Å²) in [6.07, 6.45) is 2.91. The largest absolute Gasteiger partial charge is 0.465 e. The van der Waals surface area contributed by atoms with Crippen molar-refractivity contribution >= 4 is 21.9 Å². The van der Waals surface area contributed by atoms with E-state index in [4.69, 9.17) is 10.5 Å². The van der Waals surface area contributed by atoms with Gasteiger partial charge >= 0.3 is 5.97 Å². The van der Waals surface area contributed by atoms with E-state index < -0.39 is 4.32 Å². The van der Waals surface area contributed by atoms with Gasteiger partial charge in [-0.3, -0.25) is 4.79 Å². The monoisotopic (exact) mass is 251 g/mol. The predicted molar refractivity (Wildman–Crippen MR) is 56.9 cm³/mol. The molecule has 0 bridgehead atoms. The van der Waals surface area contributed by atoms with Crippen molar-refractivity contribution in [3.63, 3.8) is 0 Å². The van der Waals surface area contributed by atoms with Crippen LogP contribution in [0.5, 0.6) is 0 Å². The van der Waals surface area contributed by atoms with Crippen molar-refractivity contribution in [2.45, 2.75) is 37.4 Å². The second-order valence-corrected chi connectivity index (χ2v) is 5.44. The first-order valence-electron chi connectivity index (χ1n) is 4.54. The van der Waals surface area contributed by atoms with Crippen LogP contribution in [-0.2, 0) is 9.53 Å². The Bertz CT molecular complexity index is 154. The van der Waals surface area contributed by atoms with E-state index in [1.165, 1.54) is 0 Å². The average molecular weight is 252 g/mol. The van der Waals surface area contributed by atoms with Gasteiger partial charge in [0, 0.05) is 0 Å². The van der Waals surface area contributed by atoms with Crippen molar-refractivity contribution in [2.75, 3.05) is 13.2 Å². The molecule has 0 spiro atoms. The number of ether oxygens (including phenoxy) is 1. The van der Waals surface area contributed by atoms with Gasteiger partial charge in [-0.05, 0) is 39.7 Å². The van der Waals surface area contributed by atoms with Crippen LogP contribution in [0.1, 0.15) is 33.1 Å². The number of alkyl halides is 1. The molecule has 0 fully saturated rings. The summed E-state index contributed by atoms with van der Waals surface area (Å²) in [5.41, 5.74) is 5.32. The van der Waals surface area contributed by atoms with Crippen LogP contribution in [-0.4, -0.2) is 23.4 Å². The molecular weight excluding hydrogens is 234 g/mol. The number of halogens is 1. The van der Waals surface area contributed by atoms with E-state index in [9.17, 15) is 4.79 Å². The van der Waals surface area contributed by atoms with Gasteiger partial charge in [0.2, 0.25) is 0 Å². The van der Waals surface area contributed by atoms with Gasteiger partial charge in [-0.15, -0.1) is 0 Å². The SMILES string of the molecule is CC(C)(Br)C(=O)OCCCCCN. The number of carbonyl (C=O) groups excluding carboxylic acids is 1. The molecule has 4 heteroatoms. The van der Waals surface area contributed by atoms with Crippen molar-refractivity contribution in [2.24, 2.45) is 5.73 Å². The quantitative estimate of drug-likeness (QED) is 0.445. The Hall–Kier alpha value is -0.0900. The fraction of sp³-hybridized carbons (Fsp3) is 0.889. The Labute approximate surface area is 88.1 Å². The standard InChI is InChI=1S/C9H18BrNO2/c1-9(2,10)8(12)13-7-5-3-4-6-11/h3-7,11H2,1-2H3. The van der Waals surface area contributed by atoms with Gasteiger partial charge in [0.15, 0.2) is 0 Å². The first-order chi connectivity index (χ1) is 5.98. The molecule has 0 rings (SSSR count). The summed E-state index contributed by atoms with van der Waals surface area (Å²) in [6.45, 7) is 4.75. The Morgan fingerprint density at radius 1 is 1.38 bits per heavy atom. The molecule has 0 aliphatic heterocycles. The molecule has 0 unspecified atom stereocenters. The molecule has 0 amide bonds. The Morgan fingerprint density at radius 3 is 2.46 bits per heavy atom. The zero-order valence-electron chi connectivity index (χ0n) is 8.31. The van der Waals surface area contributed by atoms with Gasteiger partial charge in [0.05, 0.1) is 6.61 Å². The molecule has 0 aliphatic rings. The minimum atomic E-state index is -0.569. The molecule has 0 atom stereocenters. The molecule has 13 heavy (non-hydrogen) atoms. The van der Waals surface area contributed by atoms with E-state index in [-0.39, 0.29) is 5.97 Å². The number of unbranched alkanes of at least 4 members (excludes halogenated alkanes) is 2. The fourth-order valence-corrected chi connectivity index (χ4v) is 0.874. The molecule has 78 valence electrons. The van der Waals surface area contributed by atoms with E-state index in [2.05, 4.69) is 15.9 Å². The third-order valence-electron chi connectivity index (χ3n) is 1.57. The third kappa shape index (κ3) is 7.02. The Morgan fingerprint density at radius 2 is 2.00 bits per heavy atom. The van der Waals surface area contributed by atoms with Crippen LogP contribution < -0.4 is 5.73 Å². The molecule has 3 nitrogen and oxygen atoms in total. The number of hydrogen-bond acceptors (Lipinski definition) is 3. The van der Waals surface area contributed by atoms with E-state index >= 15 is 0 Å². The molecule has 0 saturated carbocycles. The fourth-order valence-electron chi connectivity index (χ4n) is 0.760. The number of esters is 1. The van der Waals surface area contributed by atoms with Gasteiger partial charge in [-0.2, -0.15) is 0 Å². The van der Waals surface area contributed by atoms with E-state index in [1.54, 1.807) is 13.8 Å². The zero-order valence-corrected chi connectivity index (χ0v) is 9.89. The summed E-state index contributed by atoms with van der Waals surface area (Å²) in [5, 5.41) is 0. The van der Waals surface area contributed by atoms with Crippen LogP contribution in [0.15, 0.2) is 0 Å². The van der Waals surface area contributed by atoms with E-state index in [0.717, 1.165) is 19.3 Å².